The lowest BCUT2D eigenvalue weighted by Crippen LogP contribution is -2.54. The zero-order valence-electron chi connectivity index (χ0n) is 14.6. The number of urea groups is 1. The topological polar surface area (TPSA) is 66.5 Å². The van der Waals surface area contributed by atoms with Gasteiger partial charge in [0.1, 0.15) is 5.57 Å². The number of barbiturate groups is 1. The molecule has 0 saturated carbocycles. The molecule has 1 heterocycles. The van der Waals surface area contributed by atoms with Gasteiger partial charge < -0.3 is 0 Å². The molecule has 5 heteroatoms. The maximum atomic E-state index is 13.0. The second kappa shape index (κ2) is 6.53. The molecule has 3 aromatic carbocycles. The summed E-state index contributed by atoms with van der Waals surface area (Å²) in [6, 6.07) is 19.7. The largest absolute Gasteiger partial charge is 0.335 e. The van der Waals surface area contributed by atoms with Gasteiger partial charge in [0.15, 0.2) is 0 Å². The fraction of sp³-hybridized carbons (Fsp3) is 0.0455. The minimum Gasteiger partial charge on any atom is -0.273 e. The summed E-state index contributed by atoms with van der Waals surface area (Å²) in [5.74, 6) is -1.33. The Morgan fingerprint density at radius 2 is 1.56 bits per heavy atom. The number of nitrogens with zero attached hydrogens (tertiary/aromatic N) is 1. The number of nitrogens with one attached hydrogen (secondary N) is 1. The zero-order chi connectivity index (χ0) is 19.0. The summed E-state index contributed by atoms with van der Waals surface area (Å²) in [5.41, 5.74) is 1.89. The molecule has 1 aliphatic rings. The van der Waals surface area contributed by atoms with E-state index in [0.717, 1.165) is 26.8 Å². The summed E-state index contributed by atoms with van der Waals surface area (Å²) in [7, 11) is 0. The van der Waals surface area contributed by atoms with Gasteiger partial charge in [0.05, 0.1) is 5.69 Å². The summed E-state index contributed by atoms with van der Waals surface area (Å²) < 4.78 is 0. The number of anilines is 1. The molecule has 0 atom stereocenters. The Hall–Kier alpha value is -3.73. The van der Waals surface area contributed by atoms with Gasteiger partial charge in [-0.2, -0.15) is 0 Å². The Balaban J connectivity index is 1.83. The number of hydrogen-bond acceptors (Lipinski definition) is 3. The fourth-order valence-electron chi connectivity index (χ4n) is 3.22. The molecular formula is C22H16N2O3. The lowest BCUT2D eigenvalue weighted by atomic mass is 10.0. The van der Waals surface area contributed by atoms with Gasteiger partial charge in [-0.05, 0) is 41.0 Å². The van der Waals surface area contributed by atoms with Gasteiger partial charge in [0, 0.05) is 0 Å². The average molecular weight is 356 g/mol. The molecule has 0 bridgehead atoms. The summed E-state index contributed by atoms with van der Waals surface area (Å²) in [5, 5.41) is 4.19. The molecule has 5 nitrogen and oxygen atoms in total. The van der Waals surface area contributed by atoms with E-state index in [1.165, 1.54) is 6.08 Å². The van der Waals surface area contributed by atoms with Gasteiger partial charge in [-0.25, -0.2) is 9.69 Å². The number of para-hydroxylation sites is 1. The van der Waals surface area contributed by atoms with Crippen LogP contribution in [0, 0.1) is 6.92 Å². The quantitative estimate of drug-likeness (QED) is 0.561. The number of imide groups is 2. The number of carbonyl (C=O) groups is 3. The van der Waals surface area contributed by atoms with E-state index in [9.17, 15) is 14.4 Å². The molecule has 132 valence electrons. The van der Waals surface area contributed by atoms with Crippen molar-refractivity contribution in [3.05, 3.63) is 83.4 Å². The number of aryl methyl sites for hydroxylation is 1. The van der Waals surface area contributed by atoms with Crippen LogP contribution in [0.25, 0.3) is 16.8 Å². The SMILES string of the molecule is Cc1ccccc1N1C(=O)NC(=O)/C(=C/c2cccc3ccccc23)C1=O. The van der Waals surface area contributed by atoms with Crippen molar-refractivity contribution < 1.29 is 14.4 Å². The van der Waals surface area contributed by atoms with Gasteiger partial charge in [-0.1, -0.05) is 60.7 Å². The lowest BCUT2D eigenvalue weighted by Gasteiger charge is -2.27. The van der Waals surface area contributed by atoms with Crippen molar-refractivity contribution >= 4 is 40.4 Å². The van der Waals surface area contributed by atoms with E-state index >= 15 is 0 Å². The Kier molecular flexibility index (Phi) is 4.05. The van der Waals surface area contributed by atoms with E-state index in [-0.39, 0.29) is 5.57 Å². The standard InChI is InChI=1S/C22H16N2O3/c1-14-7-2-5-12-19(14)24-21(26)18(20(25)23-22(24)27)13-16-10-6-9-15-8-3-4-11-17(15)16/h2-13H,1H3,(H,23,25,27)/b18-13-. The normalized spacial score (nSPS) is 16.1. The van der Waals surface area contributed by atoms with Crippen molar-refractivity contribution in [3.8, 4) is 0 Å². The van der Waals surface area contributed by atoms with E-state index in [4.69, 9.17) is 0 Å². The highest BCUT2D eigenvalue weighted by Crippen LogP contribution is 2.26. The highest BCUT2D eigenvalue weighted by Gasteiger charge is 2.37. The van der Waals surface area contributed by atoms with E-state index in [1.807, 2.05) is 48.5 Å². The number of fused-ring (bicyclic) bond motifs is 1. The van der Waals surface area contributed by atoms with Gasteiger partial charge in [-0.15, -0.1) is 0 Å². The molecule has 0 spiro atoms. The first-order valence-corrected chi connectivity index (χ1v) is 8.51. The number of carbonyl (C=O) groups excluding carboxylic acids is 3. The molecule has 0 aromatic heterocycles. The first-order chi connectivity index (χ1) is 13.1. The molecule has 0 radical (unpaired) electrons. The third kappa shape index (κ3) is 2.89. The van der Waals surface area contributed by atoms with Crippen LogP contribution in [0.5, 0.6) is 0 Å². The van der Waals surface area contributed by atoms with Crippen LogP contribution in [-0.4, -0.2) is 17.8 Å². The molecule has 1 N–H and O–H groups in total. The molecule has 4 rings (SSSR count). The average Bonchev–Trinajstić information content (AvgIpc) is 2.66. The van der Waals surface area contributed by atoms with Gasteiger partial charge in [-0.3, -0.25) is 14.9 Å². The number of rotatable bonds is 2. The van der Waals surface area contributed by atoms with E-state index in [0.29, 0.717) is 5.69 Å². The van der Waals surface area contributed by atoms with Crippen molar-refractivity contribution in [2.24, 2.45) is 0 Å². The summed E-state index contributed by atoms with van der Waals surface area (Å²) >= 11 is 0. The molecule has 0 aliphatic carbocycles. The molecule has 0 unspecified atom stereocenters. The smallest absolute Gasteiger partial charge is 0.273 e. The Bertz CT molecular complexity index is 1130. The van der Waals surface area contributed by atoms with Crippen molar-refractivity contribution in [2.45, 2.75) is 6.92 Å². The van der Waals surface area contributed by atoms with Crippen LogP contribution in [0.2, 0.25) is 0 Å². The van der Waals surface area contributed by atoms with Crippen molar-refractivity contribution in [1.29, 1.82) is 0 Å². The van der Waals surface area contributed by atoms with Gasteiger partial charge in [0.25, 0.3) is 11.8 Å². The molecule has 1 saturated heterocycles. The number of amides is 4. The summed E-state index contributed by atoms with van der Waals surface area (Å²) in [6.45, 7) is 1.81. The van der Waals surface area contributed by atoms with Crippen molar-refractivity contribution in [3.63, 3.8) is 0 Å². The zero-order valence-corrected chi connectivity index (χ0v) is 14.6. The maximum Gasteiger partial charge on any atom is 0.335 e. The molecule has 3 aromatic rings. The lowest BCUT2D eigenvalue weighted by molar-refractivity contribution is -0.122. The predicted molar refractivity (Wildman–Crippen MR) is 104 cm³/mol. The van der Waals surface area contributed by atoms with Crippen molar-refractivity contribution in [2.75, 3.05) is 4.90 Å². The monoisotopic (exact) mass is 356 g/mol. The van der Waals surface area contributed by atoms with Crippen LogP contribution in [0.15, 0.2) is 72.3 Å². The minimum atomic E-state index is -0.741. The van der Waals surface area contributed by atoms with Crippen LogP contribution in [-0.2, 0) is 9.59 Å². The maximum absolute atomic E-state index is 13.0. The molecule has 4 amide bonds. The van der Waals surface area contributed by atoms with Crippen LogP contribution >= 0.6 is 0 Å². The van der Waals surface area contributed by atoms with Gasteiger partial charge in [0.2, 0.25) is 0 Å². The number of hydrogen-bond donors (Lipinski definition) is 1. The Morgan fingerprint density at radius 1 is 0.852 bits per heavy atom. The van der Waals surface area contributed by atoms with Gasteiger partial charge >= 0.3 is 6.03 Å². The molecule has 1 aliphatic heterocycles. The third-order valence-corrected chi connectivity index (χ3v) is 4.58. The Labute approximate surface area is 155 Å². The van der Waals surface area contributed by atoms with Crippen LogP contribution in [0.1, 0.15) is 11.1 Å². The fourth-order valence-corrected chi connectivity index (χ4v) is 3.22. The highest BCUT2D eigenvalue weighted by molar-refractivity contribution is 6.39. The van der Waals surface area contributed by atoms with Crippen LogP contribution in [0.3, 0.4) is 0 Å². The predicted octanol–water partition coefficient (Wildman–Crippen LogP) is 3.81. The second-order valence-corrected chi connectivity index (χ2v) is 6.31. The third-order valence-electron chi connectivity index (χ3n) is 4.58. The van der Waals surface area contributed by atoms with E-state index in [2.05, 4.69) is 5.32 Å². The van der Waals surface area contributed by atoms with E-state index < -0.39 is 17.8 Å². The minimum absolute atomic E-state index is 0.0748. The second-order valence-electron chi connectivity index (χ2n) is 6.31. The number of benzene rings is 3. The summed E-state index contributed by atoms with van der Waals surface area (Å²) in [4.78, 5) is 38.7. The van der Waals surface area contributed by atoms with E-state index in [1.54, 1.807) is 25.1 Å². The Morgan fingerprint density at radius 3 is 2.37 bits per heavy atom. The van der Waals surface area contributed by atoms with Crippen molar-refractivity contribution in [1.82, 2.24) is 5.32 Å². The molecule has 27 heavy (non-hydrogen) atoms. The van der Waals surface area contributed by atoms with Crippen LogP contribution in [0.4, 0.5) is 10.5 Å². The van der Waals surface area contributed by atoms with Crippen LogP contribution < -0.4 is 10.2 Å². The molecular weight excluding hydrogens is 340 g/mol. The molecule has 1 fully saturated rings. The first kappa shape index (κ1) is 16.7. The summed E-state index contributed by atoms with van der Waals surface area (Å²) in [6.07, 6.45) is 1.54. The highest BCUT2D eigenvalue weighted by atomic mass is 16.2. The first-order valence-electron chi connectivity index (χ1n) is 8.51.